The molecule has 2 fully saturated rings. The summed E-state index contributed by atoms with van der Waals surface area (Å²) in [6, 6.07) is 9.40. The second kappa shape index (κ2) is 7.28. The first-order valence-electron chi connectivity index (χ1n) is 8.46. The van der Waals surface area contributed by atoms with Gasteiger partial charge < -0.3 is 10.1 Å². The number of benzene rings is 1. The standard InChI is InChI=1S/C18H28N2O/c1-21-18-10-3-2-9-17(18)19-16-8-6-7-15(13-16)14-20-11-4-5-12-20/h6-8,13,17-19H,2-5,9-12,14H2,1H3. The predicted octanol–water partition coefficient (Wildman–Crippen LogP) is 3.65. The van der Waals surface area contributed by atoms with Gasteiger partial charge in [0.15, 0.2) is 0 Å². The number of anilines is 1. The molecule has 1 heterocycles. The molecule has 1 saturated carbocycles. The molecule has 0 spiro atoms. The van der Waals surface area contributed by atoms with Gasteiger partial charge in [-0.15, -0.1) is 0 Å². The van der Waals surface area contributed by atoms with E-state index in [0.29, 0.717) is 12.1 Å². The van der Waals surface area contributed by atoms with E-state index in [1.807, 2.05) is 7.11 Å². The van der Waals surface area contributed by atoms with E-state index in [1.165, 1.54) is 62.9 Å². The van der Waals surface area contributed by atoms with Gasteiger partial charge in [-0.1, -0.05) is 25.0 Å². The summed E-state index contributed by atoms with van der Waals surface area (Å²) in [6.45, 7) is 3.60. The van der Waals surface area contributed by atoms with E-state index in [9.17, 15) is 0 Å². The third-order valence-electron chi connectivity index (χ3n) is 4.89. The highest BCUT2D eigenvalue weighted by molar-refractivity contribution is 5.47. The van der Waals surface area contributed by atoms with Crippen LogP contribution in [0.4, 0.5) is 5.69 Å². The predicted molar refractivity (Wildman–Crippen MR) is 87.6 cm³/mol. The fourth-order valence-corrected chi connectivity index (χ4v) is 3.72. The smallest absolute Gasteiger partial charge is 0.0772 e. The van der Waals surface area contributed by atoms with E-state index in [-0.39, 0.29) is 0 Å². The molecule has 2 aliphatic rings. The van der Waals surface area contributed by atoms with Gasteiger partial charge in [-0.05, 0) is 56.5 Å². The molecule has 1 saturated heterocycles. The van der Waals surface area contributed by atoms with Crippen LogP contribution in [0, 0.1) is 0 Å². The topological polar surface area (TPSA) is 24.5 Å². The van der Waals surface area contributed by atoms with Crippen LogP contribution in [0.2, 0.25) is 0 Å². The van der Waals surface area contributed by atoms with Crippen molar-refractivity contribution >= 4 is 5.69 Å². The summed E-state index contributed by atoms with van der Waals surface area (Å²) in [7, 11) is 1.84. The summed E-state index contributed by atoms with van der Waals surface area (Å²) in [4.78, 5) is 2.55. The summed E-state index contributed by atoms with van der Waals surface area (Å²) in [5.74, 6) is 0. The first-order chi connectivity index (χ1) is 10.3. The van der Waals surface area contributed by atoms with E-state index in [4.69, 9.17) is 4.74 Å². The molecule has 2 unspecified atom stereocenters. The van der Waals surface area contributed by atoms with Crippen molar-refractivity contribution in [1.82, 2.24) is 4.90 Å². The first-order valence-corrected chi connectivity index (χ1v) is 8.46. The molecule has 3 heteroatoms. The van der Waals surface area contributed by atoms with Crippen molar-refractivity contribution in [1.29, 1.82) is 0 Å². The molecule has 0 amide bonds. The Hall–Kier alpha value is -1.06. The van der Waals surface area contributed by atoms with Crippen molar-refractivity contribution in [3.63, 3.8) is 0 Å². The quantitative estimate of drug-likeness (QED) is 0.895. The normalized spacial score (nSPS) is 26.9. The van der Waals surface area contributed by atoms with Crippen molar-refractivity contribution in [3.8, 4) is 0 Å². The number of ether oxygens (including phenoxy) is 1. The van der Waals surface area contributed by atoms with Crippen molar-refractivity contribution in [2.75, 3.05) is 25.5 Å². The lowest BCUT2D eigenvalue weighted by Gasteiger charge is -2.32. The van der Waals surface area contributed by atoms with Crippen LogP contribution in [0.1, 0.15) is 44.1 Å². The van der Waals surface area contributed by atoms with Crippen LogP contribution in [0.5, 0.6) is 0 Å². The highest BCUT2D eigenvalue weighted by Crippen LogP contribution is 2.25. The minimum Gasteiger partial charge on any atom is -0.380 e. The van der Waals surface area contributed by atoms with Crippen molar-refractivity contribution in [2.24, 2.45) is 0 Å². The molecule has 1 N–H and O–H groups in total. The molecule has 21 heavy (non-hydrogen) atoms. The molecule has 1 aromatic rings. The Morgan fingerprint density at radius 3 is 2.76 bits per heavy atom. The van der Waals surface area contributed by atoms with E-state index in [1.54, 1.807) is 0 Å². The minimum atomic E-state index is 0.362. The van der Waals surface area contributed by atoms with Crippen LogP contribution in [-0.2, 0) is 11.3 Å². The Morgan fingerprint density at radius 1 is 1.14 bits per heavy atom. The maximum Gasteiger partial charge on any atom is 0.0772 e. The molecule has 3 rings (SSSR count). The Labute approximate surface area is 128 Å². The number of nitrogens with zero attached hydrogens (tertiary/aromatic N) is 1. The van der Waals surface area contributed by atoms with Gasteiger partial charge in [0.05, 0.1) is 12.1 Å². The second-order valence-corrected chi connectivity index (χ2v) is 6.49. The molecule has 0 bridgehead atoms. The van der Waals surface area contributed by atoms with Crippen LogP contribution < -0.4 is 5.32 Å². The Bertz CT molecular complexity index is 443. The molecule has 1 aliphatic heterocycles. The van der Waals surface area contributed by atoms with Crippen LogP contribution >= 0.6 is 0 Å². The number of hydrogen-bond acceptors (Lipinski definition) is 3. The lowest BCUT2D eigenvalue weighted by atomic mass is 9.92. The average Bonchev–Trinajstić information content (AvgIpc) is 3.01. The number of rotatable bonds is 5. The van der Waals surface area contributed by atoms with Crippen LogP contribution in [0.3, 0.4) is 0 Å². The number of methoxy groups -OCH3 is 1. The summed E-state index contributed by atoms with van der Waals surface area (Å²) >= 11 is 0. The zero-order valence-electron chi connectivity index (χ0n) is 13.2. The SMILES string of the molecule is COC1CCCCC1Nc1cccc(CN2CCCC2)c1. The zero-order chi connectivity index (χ0) is 14.5. The van der Waals surface area contributed by atoms with Crippen LogP contribution in [-0.4, -0.2) is 37.2 Å². The summed E-state index contributed by atoms with van der Waals surface area (Å²) in [5, 5.41) is 3.70. The lowest BCUT2D eigenvalue weighted by Crippen LogP contribution is -2.37. The van der Waals surface area contributed by atoms with E-state index in [0.717, 1.165) is 6.54 Å². The van der Waals surface area contributed by atoms with Gasteiger partial charge in [0, 0.05) is 19.3 Å². The Morgan fingerprint density at radius 2 is 1.95 bits per heavy atom. The van der Waals surface area contributed by atoms with Gasteiger partial charge >= 0.3 is 0 Å². The fraction of sp³-hybridized carbons (Fsp3) is 0.667. The van der Waals surface area contributed by atoms with Gasteiger partial charge in [-0.3, -0.25) is 4.90 Å². The summed E-state index contributed by atoms with van der Waals surface area (Å²) in [6.07, 6.45) is 8.08. The number of nitrogens with one attached hydrogen (secondary N) is 1. The maximum absolute atomic E-state index is 5.64. The van der Waals surface area contributed by atoms with E-state index in [2.05, 4.69) is 34.5 Å². The number of hydrogen-bond donors (Lipinski definition) is 1. The Balaban J connectivity index is 1.61. The third-order valence-corrected chi connectivity index (χ3v) is 4.89. The fourth-order valence-electron chi connectivity index (χ4n) is 3.72. The van der Waals surface area contributed by atoms with Gasteiger partial charge in [0.1, 0.15) is 0 Å². The van der Waals surface area contributed by atoms with E-state index < -0.39 is 0 Å². The van der Waals surface area contributed by atoms with Crippen molar-refractivity contribution < 1.29 is 4.74 Å². The van der Waals surface area contributed by atoms with Crippen LogP contribution in [0.25, 0.3) is 0 Å². The molecular formula is C18H28N2O. The summed E-state index contributed by atoms with van der Waals surface area (Å²) in [5.41, 5.74) is 2.67. The monoisotopic (exact) mass is 288 g/mol. The average molecular weight is 288 g/mol. The molecule has 1 aliphatic carbocycles. The van der Waals surface area contributed by atoms with Crippen LogP contribution in [0.15, 0.2) is 24.3 Å². The van der Waals surface area contributed by atoms with Crippen molar-refractivity contribution in [3.05, 3.63) is 29.8 Å². The second-order valence-electron chi connectivity index (χ2n) is 6.49. The molecule has 2 atom stereocenters. The highest BCUT2D eigenvalue weighted by Gasteiger charge is 2.24. The first kappa shape index (κ1) is 14.9. The minimum absolute atomic E-state index is 0.362. The van der Waals surface area contributed by atoms with Gasteiger partial charge in [0.25, 0.3) is 0 Å². The van der Waals surface area contributed by atoms with Gasteiger partial charge in [-0.2, -0.15) is 0 Å². The molecule has 0 radical (unpaired) electrons. The maximum atomic E-state index is 5.64. The highest BCUT2D eigenvalue weighted by atomic mass is 16.5. The van der Waals surface area contributed by atoms with Crippen molar-refractivity contribution in [2.45, 2.75) is 57.2 Å². The largest absolute Gasteiger partial charge is 0.380 e. The molecular weight excluding hydrogens is 260 g/mol. The molecule has 3 nitrogen and oxygen atoms in total. The number of likely N-dealkylation sites (tertiary alicyclic amines) is 1. The molecule has 0 aromatic heterocycles. The van der Waals surface area contributed by atoms with Gasteiger partial charge in [0.2, 0.25) is 0 Å². The third kappa shape index (κ3) is 3.98. The Kier molecular flexibility index (Phi) is 5.15. The molecule has 116 valence electrons. The summed E-state index contributed by atoms with van der Waals surface area (Å²) < 4.78 is 5.64. The lowest BCUT2D eigenvalue weighted by molar-refractivity contribution is 0.0606. The van der Waals surface area contributed by atoms with Gasteiger partial charge in [-0.25, -0.2) is 0 Å². The van der Waals surface area contributed by atoms with E-state index >= 15 is 0 Å². The zero-order valence-corrected chi connectivity index (χ0v) is 13.2. The molecule has 1 aromatic carbocycles.